The fourth-order valence-corrected chi connectivity index (χ4v) is 1.31. The van der Waals surface area contributed by atoms with Crippen molar-refractivity contribution in [2.24, 2.45) is 0 Å². The largest absolute Gasteiger partial charge is 0.248 e. The van der Waals surface area contributed by atoms with Crippen molar-refractivity contribution in [1.82, 2.24) is 4.98 Å². The molecule has 0 unspecified atom stereocenters. The van der Waals surface area contributed by atoms with Gasteiger partial charge in [-0.3, -0.25) is 0 Å². The van der Waals surface area contributed by atoms with Crippen LogP contribution in [0.5, 0.6) is 0 Å². The van der Waals surface area contributed by atoms with Crippen LogP contribution in [-0.4, -0.2) is 11.2 Å². The third kappa shape index (κ3) is 1.73. The molecule has 0 spiro atoms. The Balaban J connectivity index is 3.04. The third-order valence-electron chi connectivity index (χ3n) is 1.23. The second kappa shape index (κ2) is 3.39. The maximum Gasteiger partial charge on any atom is 0.109 e. The minimum Gasteiger partial charge on any atom is -0.248 e. The van der Waals surface area contributed by atoms with E-state index in [2.05, 4.69) is 27.0 Å². The normalized spacial score (nSPS) is 9.90. The predicted octanol–water partition coefficient (Wildman–Crippen LogP) is 2.87. The summed E-state index contributed by atoms with van der Waals surface area (Å²) >= 11 is 5.05. The average molecular weight is 218 g/mol. The van der Waals surface area contributed by atoms with Gasteiger partial charge in [0.05, 0.1) is 0 Å². The summed E-state index contributed by atoms with van der Waals surface area (Å²) < 4.78 is 0.935. The Kier molecular flexibility index (Phi) is 2.74. The zero-order valence-electron chi connectivity index (χ0n) is 5.89. The van der Waals surface area contributed by atoms with Gasteiger partial charge in [0.25, 0.3) is 0 Å². The van der Waals surface area contributed by atoms with Gasteiger partial charge in [-0.15, -0.1) is 11.8 Å². The first kappa shape index (κ1) is 8.08. The third-order valence-corrected chi connectivity index (χ3v) is 2.75. The monoisotopic (exact) mass is 217 g/mol. The van der Waals surface area contributed by atoms with Gasteiger partial charge >= 0.3 is 0 Å². The van der Waals surface area contributed by atoms with Crippen molar-refractivity contribution in [2.45, 2.75) is 11.8 Å². The number of nitrogens with zero attached hydrogens (tertiary/aromatic N) is 1. The van der Waals surface area contributed by atoms with E-state index >= 15 is 0 Å². The van der Waals surface area contributed by atoms with Crippen molar-refractivity contribution < 1.29 is 0 Å². The molecule has 1 heterocycles. The topological polar surface area (TPSA) is 12.9 Å². The Morgan fingerprint density at radius 1 is 1.60 bits per heavy atom. The molecule has 0 aliphatic rings. The van der Waals surface area contributed by atoms with E-state index in [9.17, 15) is 0 Å². The van der Waals surface area contributed by atoms with Gasteiger partial charge in [-0.05, 0) is 40.7 Å². The van der Waals surface area contributed by atoms with E-state index in [-0.39, 0.29) is 0 Å². The Morgan fingerprint density at radius 2 is 2.30 bits per heavy atom. The average Bonchev–Trinajstić information content (AvgIpc) is 1.95. The molecule has 0 N–H and O–H groups in total. The van der Waals surface area contributed by atoms with Gasteiger partial charge in [-0.1, -0.05) is 0 Å². The molecule has 10 heavy (non-hydrogen) atoms. The van der Waals surface area contributed by atoms with Gasteiger partial charge in [-0.25, -0.2) is 4.98 Å². The predicted molar refractivity (Wildman–Crippen MR) is 48.5 cm³/mol. The van der Waals surface area contributed by atoms with Crippen LogP contribution in [0.2, 0.25) is 0 Å². The zero-order valence-corrected chi connectivity index (χ0v) is 8.29. The van der Waals surface area contributed by atoms with E-state index in [1.165, 1.54) is 10.5 Å². The fourth-order valence-electron chi connectivity index (χ4n) is 0.644. The van der Waals surface area contributed by atoms with Crippen molar-refractivity contribution in [3.8, 4) is 0 Å². The number of halogens is 1. The summed E-state index contributed by atoms with van der Waals surface area (Å²) in [5, 5.41) is 0. The van der Waals surface area contributed by atoms with E-state index in [0.29, 0.717) is 0 Å². The lowest BCUT2D eigenvalue weighted by molar-refractivity contribution is 1.15. The first-order chi connectivity index (χ1) is 4.74. The maximum absolute atomic E-state index is 4.15. The van der Waals surface area contributed by atoms with Crippen molar-refractivity contribution in [3.63, 3.8) is 0 Å². The van der Waals surface area contributed by atoms with E-state index in [4.69, 9.17) is 0 Å². The molecule has 54 valence electrons. The molecule has 0 fully saturated rings. The standard InChI is InChI=1S/C7H8BrNS/c1-5-3-6(10-2)4-9-7(5)8/h3-4H,1-2H3. The lowest BCUT2D eigenvalue weighted by Crippen LogP contribution is -1.81. The highest BCUT2D eigenvalue weighted by Crippen LogP contribution is 2.19. The van der Waals surface area contributed by atoms with Gasteiger partial charge in [0.1, 0.15) is 4.60 Å². The molecule has 0 atom stereocenters. The Bertz CT molecular complexity index is 237. The molecule has 0 aromatic carbocycles. The summed E-state index contributed by atoms with van der Waals surface area (Å²) in [6.07, 6.45) is 3.91. The zero-order chi connectivity index (χ0) is 7.56. The van der Waals surface area contributed by atoms with Crippen LogP contribution in [0.3, 0.4) is 0 Å². The molecule has 0 aliphatic carbocycles. The van der Waals surface area contributed by atoms with Gasteiger partial charge in [-0.2, -0.15) is 0 Å². The highest BCUT2D eigenvalue weighted by atomic mass is 79.9. The molecule has 0 bridgehead atoms. The lowest BCUT2D eigenvalue weighted by Gasteiger charge is -1.98. The first-order valence-corrected chi connectivity index (χ1v) is 4.92. The number of thioether (sulfide) groups is 1. The molecule has 0 aliphatic heterocycles. The highest BCUT2D eigenvalue weighted by molar-refractivity contribution is 9.10. The van der Waals surface area contributed by atoms with Gasteiger partial charge in [0, 0.05) is 11.1 Å². The van der Waals surface area contributed by atoms with Crippen molar-refractivity contribution in [3.05, 3.63) is 22.4 Å². The van der Waals surface area contributed by atoms with Gasteiger partial charge < -0.3 is 0 Å². The smallest absolute Gasteiger partial charge is 0.109 e. The van der Waals surface area contributed by atoms with E-state index < -0.39 is 0 Å². The van der Waals surface area contributed by atoms with Crippen molar-refractivity contribution >= 4 is 27.7 Å². The van der Waals surface area contributed by atoms with Crippen LogP contribution in [0.15, 0.2) is 21.8 Å². The van der Waals surface area contributed by atoms with Crippen LogP contribution in [0, 0.1) is 6.92 Å². The summed E-state index contributed by atoms with van der Waals surface area (Å²) in [5.41, 5.74) is 1.19. The van der Waals surface area contributed by atoms with E-state index in [1.54, 1.807) is 11.8 Å². The summed E-state index contributed by atoms with van der Waals surface area (Å²) in [5.74, 6) is 0. The second-order valence-electron chi connectivity index (χ2n) is 1.98. The number of hydrogen-bond donors (Lipinski definition) is 0. The molecule has 0 saturated heterocycles. The summed E-state index contributed by atoms with van der Waals surface area (Å²) in [4.78, 5) is 5.35. The van der Waals surface area contributed by atoms with Crippen LogP contribution in [0.4, 0.5) is 0 Å². The molecular formula is C7H8BrNS. The first-order valence-electron chi connectivity index (χ1n) is 2.90. The quantitative estimate of drug-likeness (QED) is 0.531. The minimum absolute atomic E-state index is 0.935. The van der Waals surface area contributed by atoms with Crippen molar-refractivity contribution in [1.29, 1.82) is 0 Å². The molecule has 0 radical (unpaired) electrons. The van der Waals surface area contributed by atoms with Crippen LogP contribution in [0.1, 0.15) is 5.56 Å². The Morgan fingerprint density at radius 3 is 2.80 bits per heavy atom. The SMILES string of the molecule is CSc1cnc(Br)c(C)c1. The van der Waals surface area contributed by atoms with E-state index in [1.807, 2.05) is 19.4 Å². The van der Waals surface area contributed by atoms with Gasteiger partial charge in [0.15, 0.2) is 0 Å². The van der Waals surface area contributed by atoms with Gasteiger partial charge in [0.2, 0.25) is 0 Å². The molecule has 1 nitrogen and oxygen atoms in total. The number of aromatic nitrogens is 1. The minimum atomic E-state index is 0.935. The summed E-state index contributed by atoms with van der Waals surface area (Å²) in [6.45, 7) is 2.04. The second-order valence-corrected chi connectivity index (χ2v) is 3.61. The van der Waals surface area contributed by atoms with Crippen LogP contribution in [0.25, 0.3) is 0 Å². The Hall–Kier alpha value is -0.0200. The summed E-state index contributed by atoms with van der Waals surface area (Å²) in [7, 11) is 0. The van der Waals surface area contributed by atoms with Crippen LogP contribution >= 0.6 is 27.7 Å². The number of aryl methyl sites for hydroxylation is 1. The maximum atomic E-state index is 4.15. The van der Waals surface area contributed by atoms with Crippen LogP contribution in [-0.2, 0) is 0 Å². The van der Waals surface area contributed by atoms with Crippen LogP contribution < -0.4 is 0 Å². The molecule has 0 amide bonds. The summed E-state index contributed by atoms with van der Waals surface area (Å²) in [6, 6.07) is 2.11. The molecule has 0 saturated carbocycles. The highest BCUT2D eigenvalue weighted by Gasteiger charge is 1.95. The number of hydrogen-bond acceptors (Lipinski definition) is 2. The Labute approximate surface area is 73.4 Å². The number of pyridine rings is 1. The molecule has 1 aromatic rings. The molecular weight excluding hydrogens is 210 g/mol. The molecule has 3 heteroatoms. The fraction of sp³-hybridized carbons (Fsp3) is 0.286. The molecule has 1 aromatic heterocycles. The lowest BCUT2D eigenvalue weighted by atomic mass is 10.3. The van der Waals surface area contributed by atoms with E-state index in [0.717, 1.165) is 4.60 Å². The van der Waals surface area contributed by atoms with Crippen molar-refractivity contribution in [2.75, 3.05) is 6.26 Å². The number of rotatable bonds is 1. The molecule has 1 rings (SSSR count).